The molecule has 39 heavy (non-hydrogen) atoms. The lowest BCUT2D eigenvalue weighted by Crippen LogP contribution is -2.51. The van der Waals surface area contributed by atoms with E-state index in [0.29, 0.717) is 24.0 Å². The predicted molar refractivity (Wildman–Crippen MR) is 147 cm³/mol. The maximum absolute atomic E-state index is 14.1. The summed E-state index contributed by atoms with van der Waals surface area (Å²) < 4.78 is 18.2. The lowest BCUT2D eigenvalue weighted by atomic mass is 9.91. The second kappa shape index (κ2) is 11.9. The number of carbonyl (C=O) groups excluding carboxylic acids is 1. The van der Waals surface area contributed by atoms with Gasteiger partial charge in [-0.2, -0.15) is 0 Å². The summed E-state index contributed by atoms with van der Waals surface area (Å²) >= 11 is 0. The second-order valence-electron chi connectivity index (χ2n) is 10.4. The van der Waals surface area contributed by atoms with Gasteiger partial charge in [-0.15, -0.1) is 0 Å². The topological polar surface area (TPSA) is 85.3 Å². The Labute approximate surface area is 229 Å². The minimum absolute atomic E-state index is 0.0400. The summed E-state index contributed by atoms with van der Waals surface area (Å²) in [4.78, 5) is 28.1. The molecule has 204 valence electrons. The maximum atomic E-state index is 14.1. The molecule has 4 atom stereocenters. The summed E-state index contributed by atoms with van der Waals surface area (Å²) in [5, 5.41) is 10.3. The smallest absolute Gasteiger partial charge is 0.326 e. The number of ether oxygens (including phenoxy) is 3. The fourth-order valence-electron chi connectivity index (χ4n) is 5.66. The fraction of sp³-hybridized carbons (Fsp3) is 0.375. The van der Waals surface area contributed by atoms with E-state index >= 15 is 0 Å². The Morgan fingerprint density at radius 3 is 2.36 bits per heavy atom. The summed E-state index contributed by atoms with van der Waals surface area (Å²) in [6, 6.07) is 21.8. The molecule has 0 radical (unpaired) electrons. The highest BCUT2D eigenvalue weighted by Gasteiger charge is 2.41. The number of rotatable bonds is 9. The van der Waals surface area contributed by atoms with Crippen molar-refractivity contribution in [2.24, 2.45) is 5.92 Å². The molecule has 1 amide bonds. The zero-order valence-corrected chi connectivity index (χ0v) is 22.4. The van der Waals surface area contributed by atoms with Gasteiger partial charge >= 0.3 is 5.97 Å². The number of fused-ring (bicyclic) bond motifs is 1. The molecule has 0 bridgehead atoms. The van der Waals surface area contributed by atoms with E-state index in [2.05, 4.69) is 6.92 Å². The molecule has 0 aromatic heterocycles. The molecular weight excluding hydrogens is 494 g/mol. The third-order valence-electron chi connectivity index (χ3n) is 7.87. The monoisotopic (exact) mass is 529 g/mol. The number of nitrogens with zero attached hydrogens (tertiary/aromatic N) is 1. The van der Waals surface area contributed by atoms with E-state index in [1.54, 1.807) is 7.11 Å². The average Bonchev–Trinajstić information content (AvgIpc) is 3.38. The lowest BCUT2D eigenvalue weighted by Gasteiger charge is -2.38. The highest BCUT2D eigenvalue weighted by molar-refractivity contribution is 5.88. The quantitative estimate of drug-likeness (QED) is 0.391. The summed E-state index contributed by atoms with van der Waals surface area (Å²) in [7, 11) is 1.57. The molecule has 1 fully saturated rings. The third-order valence-corrected chi connectivity index (χ3v) is 7.87. The lowest BCUT2D eigenvalue weighted by molar-refractivity contribution is -0.161. The number of aliphatic carboxylic acids is 1. The van der Waals surface area contributed by atoms with Gasteiger partial charge in [0.25, 0.3) is 5.91 Å². The zero-order valence-electron chi connectivity index (χ0n) is 22.4. The van der Waals surface area contributed by atoms with Crippen LogP contribution >= 0.6 is 0 Å². The van der Waals surface area contributed by atoms with Crippen LogP contribution in [0, 0.1) is 5.92 Å². The van der Waals surface area contributed by atoms with E-state index in [4.69, 9.17) is 14.2 Å². The largest absolute Gasteiger partial charge is 0.493 e. The van der Waals surface area contributed by atoms with Crippen molar-refractivity contribution in [2.45, 2.75) is 64.0 Å². The van der Waals surface area contributed by atoms with Gasteiger partial charge in [-0.25, -0.2) is 4.79 Å². The van der Waals surface area contributed by atoms with Crippen LogP contribution in [0.15, 0.2) is 72.8 Å². The number of amides is 1. The molecule has 3 aromatic carbocycles. The van der Waals surface area contributed by atoms with Crippen LogP contribution in [0.4, 0.5) is 0 Å². The number of methoxy groups -OCH3 is 1. The van der Waals surface area contributed by atoms with Gasteiger partial charge in [0.05, 0.1) is 13.2 Å². The molecule has 1 aliphatic heterocycles. The molecule has 0 saturated heterocycles. The van der Waals surface area contributed by atoms with Gasteiger partial charge in [0.1, 0.15) is 12.6 Å². The zero-order chi connectivity index (χ0) is 27.4. The highest BCUT2D eigenvalue weighted by Crippen LogP contribution is 2.40. The molecule has 2 unspecified atom stereocenters. The Bertz CT molecular complexity index is 1290. The first kappa shape index (κ1) is 26.8. The van der Waals surface area contributed by atoms with E-state index in [0.717, 1.165) is 41.5 Å². The van der Waals surface area contributed by atoms with E-state index in [1.165, 1.54) is 4.90 Å². The SMILES string of the molecule is COc1ccc2c(c1OCc1ccccc1)C[C@@H](C(=O)O)N(C(=O)[C@@H](OC1CCCC1C)c1ccccc1)C2. The second-order valence-corrected chi connectivity index (χ2v) is 10.4. The summed E-state index contributed by atoms with van der Waals surface area (Å²) in [6.45, 7) is 2.60. The van der Waals surface area contributed by atoms with Crippen molar-refractivity contribution in [3.63, 3.8) is 0 Å². The Morgan fingerprint density at radius 2 is 1.72 bits per heavy atom. The van der Waals surface area contributed by atoms with Crippen molar-refractivity contribution in [3.05, 3.63) is 95.1 Å². The summed E-state index contributed by atoms with van der Waals surface area (Å²) in [5.74, 6) is 0.00750. The molecular formula is C32H35NO6. The minimum atomic E-state index is -1.06. The Balaban J connectivity index is 1.46. The maximum Gasteiger partial charge on any atom is 0.326 e. The van der Waals surface area contributed by atoms with Gasteiger partial charge in [-0.05, 0) is 41.5 Å². The predicted octanol–water partition coefficient (Wildman–Crippen LogP) is 5.56. The third kappa shape index (κ3) is 5.78. The van der Waals surface area contributed by atoms with Gasteiger partial charge in [0.15, 0.2) is 17.6 Å². The van der Waals surface area contributed by atoms with Crippen molar-refractivity contribution in [1.82, 2.24) is 4.90 Å². The first-order chi connectivity index (χ1) is 19.0. The van der Waals surface area contributed by atoms with Gasteiger partial charge in [-0.1, -0.05) is 80.1 Å². The molecule has 1 saturated carbocycles. The standard InChI is InChI=1S/C32H35NO6/c1-21-10-9-15-27(21)39-29(23-13-7-4-8-14-23)31(34)33-19-24-16-17-28(37-2)30(25(24)18-26(33)32(35)36)38-20-22-11-5-3-6-12-22/h3-8,11-14,16-17,21,26-27,29H,9-10,15,18-20H2,1-2H3,(H,35,36)/t21?,26-,27?,29-/m0/s1. The molecule has 3 aromatic rings. The van der Waals surface area contributed by atoms with Crippen LogP contribution < -0.4 is 9.47 Å². The van der Waals surface area contributed by atoms with Crippen molar-refractivity contribution < 1.29 is 28.9 Å². The van der Waals surface area contributed by atoms with Crippen molar-refractivity contribution in [2.75, 3.05) is 7.11 Å². The van der Waals surface area contributed by atoms with Crippen molar-refractivity contribution in [1.29, 1.82) is 0 Å². The van der Waals surface area contributed by atoms with Gasteiger partial charge in [0, 0.05) is 18.5 Å². The molecule has 7 heteroatoms. The van der Waals surface area contributed by atoms with Gasteiger partial charge in [0.2, 0.25) is 0 Å². The van der Waals surface area contributed by atoms with Crippen LogP contribution in [0.5, 0.6) is 11.5 Å². The van der Waals surface area contributed by atoms with Crippen LogP contribution in [0.2, 0.25) is 0 Å². The van der Waals surface area contributed by atoms with E-state index in [9.17, 15) is 14.7 Å². The van der Waals surface area contributed by atoms with E-state index in [-0.39, 0.29) is 25.0 Å². The normalized spacial score (nSPS) is 21.2. The number of hydrogen-bond donors (Lipinski definition) is 1. The number of carboxylic acid groups (broad SMARTS) is 1. The molecule has 2 aliphatic rings. The van der Waals surface area contributed by atoms with E-state index in [1.807, 2.05) is 72.8 Å². The molecule has 7 nitrogen and oxygen atoms in total. The van der Waals surface area contributed by atoms with Gasteiger partial charge in [-0.3, -0.25) is 4.79 Å². The van der Waals surface area contributed by atoms with Crippen LogP contribution in [-0.2, 0) is 33.9 Å². The highest BCUT2D eigenvalue weighted by atomic mass is 16.5. The average molecular weight is 530 g/mol. The van der Waals surface area contributed by atoms with Crippen LogP contribution in [0.3, 0.4) is 0 Å². The summed E-state index contributed by atoms with van der Waals surface area (Å²) in [5.41, 5.74) is 3.32. The van der Waals surface area contributed by atoms with Crippen LogP contribution in [0.25, 0.3) is 0 Å². The molecule has 5 rings (SSSR count). The van der Waals surface area contributed by atoms with Gasteiger partial charge < -0.3 is 24.2 Å². The Kier molecular flexibility index (Phi) is 8.17. The Morgan fingerprint density at radius 1 is 1.00 bits per heavy atom. The first-order valence-electron chi connectivity index (χ1n) is 13.6. The molecule has 0 spiro atoms. The minimum Gasteiger partial charge on any atom is -0.493 e. The Hall–Kier alpha value is -3.84. The molecule has 1 heterocycles. The molecule has 1 aliphatic carbocycles. The van der Waals surface area contributed by atoms with Crippen LogP contribution in [0.1, 0.15) is 54.5 Å². The van der Waals surface area contributed by atoms with Crippen molar-refractivity contribution in [3.8, 4) is 11.5 Å². The van der Waals surface area contributed by atoms with E-state index < -0.39 is 18.1 Å². The number of hydrogen-bond acceptors (Lipinski definition) is 5. The summed E-state index contributed by atoms with van der Waals surface area (Å²) in [6.07, 6.45) is 2.21. The number of benzene rings is 3. The molecule has 1 N–H and O–H groups in total. The first-order valence-corrected chi connectivity index (χ1v) is 13.6. The number of carboxylic acids is 1. The fourth-order valence-corrected chi connectivity index (χ4v) is 5.66. The van der Waals surface area contributed by atoms with Crippen LogP contribution in [-0.4, -0.2) is 41.1 Å². The number of carbonyl (C=O) groups is 2. The van der Waals surface area contributed by atoms with Crippen molar-refractivity contribution >= 4 is 11.9 Å².